The Morgan fingerprint density at radius 1 is 1.02 bits per heavy atom. The monoisotopic (exact) mass is 574 g/mol. The fourth-order valence-corrected chi connectivity index (χ4v) is 5.02. The van der Waals surface area contributed by atoms with E-state index in [-0.39, 0.29) is 36.8 Å². The van der Waals surface area contributed by atoms with Gasteiger partial charge in [0.25, 0.3) is 0 Å². The van der Waals surface area contributed by atoms with Gasteiger partial charge in [0.05, 0.1) is 18.9 Å². The molecular weight excluding hydrogens is 547 g/mol. The van der Waals surface area contributed by atoms with Crippen molar-refractivity contribution in [2.75, 3.05) is 56.2 Å². The highest BCUT2D eigenvalue weighted by molar-refractivity contribution is 5.79. The van der Waals surface area contributed by atoms with E-state index in [2.05, 4.69) is 25.6 Å². The Kier molecular flexibility index (Phi) is 7.45. The van der Waals surface area contributed by atoms with Crippen molar-refractivity contribution in [2.45, 2.75) is 18.8 Å². The minimum Gasteiger partial charge on any atom is -0.379 e. The smallest absolute Gasteiger partial charge is 0.379 e. The van der Waals surface area contributed by atoms with E-state index in [0.717, 1.165) is 0 Å². The number of aromatic nitrogens is 4. The number of pyridine rings is 1. The van der Waals surface area contributed by atoms with Gasteiger partial charge in [-0.15, -0.1) is 0 Å². The number of hydrogen-bond donors (Lipinski definition) is 2. The van der Waals surface area contributed by atoms with Crippen LogP contribution in [0.5, 0.6) is 0 Å². The van der Waals surface area contributed by atoms with Crippen LogP contribution in [0.25, 0.3) is 16.7 Å². The molecule has 2 fully saturated rings. The summed E-state index contributed by atoms with van der Waals surface area (Å²) in [4.78, 5) is 16.6. The molecule has 0 saturated carbocycles. The minimum atomic E-state index is -4.36. The van der Waals surface area contributed by atoms with E-state index in [4.69, 9.17) is 4.74 Å². The third-order valence-corrected chi connectivity index (χ3v) is 7.21. The number of hydrogen-bond acceptors (Lipinski definition) is 8. The van der Waals surface area contributed by atoms with Crippen molar-refractivity contribution < 1.29 is 26.7 Å². The first-order valence-corrected chi connectivity index (χ1v) is 13.2. The summed E-state index contributed by atoms with van der Waals surface area (Å²) in [5, 5.41) is 6.20. The van der Waals surface area contributed by atoms with Crippen molar-refractivity contribution in [1.82, 2.24) is 29.7 Å². The van der Waals surface area contributed by atoms with Gasteiger partial charge in [-0.3, -0.25) is 4.90 Å². The van der Waals surface area contributed by atoms with Crippen LogP contribution in [0, 0.1) is 11.6 Å². The van der Waals surface area contributed by atoms with Gasteiger partial charge in [-0.05, 0) is 24.3 Å². The second-order valence-electron chi connectivity index (χ2n) is 9.96. The highest BCUT2D eigenvalue weighted by Crippen LogP contribution is 2.27. The number of piperazine rings is 1. The molecule has 14 heteroatoms. The zero-order chi connectivity index (χ0) is 28.6. The number of alkyl halides is 3. The number of anilines is 3. The predicted octanol–water partition coefficient (Wildman–Crippen LogP) is 4.01. The van der Waals surface area contributed by atoms with Gasteiger partial charge < -0.3 is 24.8 Å². The van der Waals surface area contributed by atoms with Crippen LogP contribution in [0.4, 0.5) is 39.4 Å². The van der Waals surface area contributed by atoms with Gasteiger partial charge in [0.2, 0.25) is 5.95 Å². The number of benzene rings is 1. The Labute approximate surface area is 232 Å². The largest absolute Gasteiger partial charge is 0.405 e. The number of fused-ring (bicyclic) bond motifs is 1. The van der Waals surface area contributed by atoms with Crippen LogP contribution in [0.1, 0.15) is 5.56 Å². The average Bonchev–Trinajstić information content (AvgIpc) is 3.39. The molecule has 2 aliphatic rings. The van der Waals surface area contributed by atoms with Gasteiger partial charge in [0.1, 0.15) is 29.1 Å². The Balaban J connectivity index is 1.23. The van der Waals surface area contributed by atoms with Crippen molar-refractivity contribution >= 4 is 28.5 Å². The Bertz CT molecular complexity index is 1510. The molecule has 3 aromatic heterocycles. The van der Waals surface area contributed by atoms with Crippen LogP contribution < -0.4 is 15.5 Å². The van der Waals surface area contributed by atoms with Crippen molar-refractivity contribution in [2.24, 2.45) is 0 Å². The summed E-state index contributed by atoms with van der Waals surface area (Å²) in [5.41, 5.74) is 1.23. The zero-order valence-corrected chi connectivity index (χ0v) is 21.8. The summed E-state index contributed by atoms with van der Waals surface area (Å²) in [6.07, 6.45) is 0.368. The quantitative estimate of drug-likeness (QED) is 0.335. The lowest BCUT2D eigenvalue weighted by atomic mass is 10.1. The van der Waals surface area contributed by atoms with Gasteiger partial charge in [-0.25, -0.2) is 18.7 Å². The Morgan fingerprint density at radius 3 is 2.56 bits per heavy atom. The molecule has 2 aliphatic heterocycles. The number of ether oxygens (including phenoxy) is 1. The van der Waals surface area contributed by atoms with Gasteiger partial charge in [0, 0.05) is 80.6 Å². The maximum atomic E-state index is 15.1. The van der Waals surface area contributed by atoms with Crippen LogP contribution in [-0.2, 0) is 11.3 Å². The van der Waals surface area contributed by atoms with Crippen LogP contribution in [0.15, 0.2) is 48.9 Å². The summed E-state index contributed by atoms with van der Waals surface area (Å²) >= 11 is 0. The summed E-state index contributed by atoms with van der Waals surface area (Å²) in [5.74, 6) is -0.706. The van der Waals surface area contributed by atoms with Crippen molar-refractivity contribution in [1.29, 1.82) is 0 Å². The molecule has 41 heavy (non-hydrogen) atoms. The second kappa shape index (κ2) is 11.2. The van der Waals surface area contributed by atoms with Gasteiger partial charge in [0.15, 0.2) is 0 Å². The van der Waals surface area contributed by atoms with Gasteiger partial charge in [-0.2, -0.15) is 18.2 Å². The maximum Gasteiger partial charge on any atom is 0.405 e. The summed E-state index contributed by atoms with van der Waals surface area (Å²) in [6.45, 7) is 2.73. The molecule has 1 unspecified atom stereocenters. The van der Waals surface area contributed by atoms with Gasteiger partial charge >= 0.3 is 6.18 Å². The van der Waals surface area contributed by atoms with E-state index >= 15 is 8.78 Å². The molecule has 0 spiro atoms. The molecular formula is C27H27F5N8O. The molecule has 2 N–H and O–H groups in total. The lowest BCUT2D eigenvalue weighted by molar-refractivity contribution is -0.155. The molecule has 1 aromatic carbocycles. The fourth-order valence-electron chi connectivity index (χ4n) is 5.02. The van der Waals surface area contributed by atoms with E-state index in [9.17, 15) is 13.2 Å². The minimum absolute atomic E-state index is 0.00336. The molecule has 5 heterocycles. The zero-order valence-electron chi connectivity index (χ0n) is 21.8. The van der Waals surface area contributed by atoms with Crippen molar-refractivity contribution in [3.05, 3.63) is 66.1 Å². The summed E-state index contributed by atoms with van der Waals surface area (Å²) in [6, 6.07) is 5.94. The lowest BCUT2D eigenvalue weighted by Gasteiger charge is -2.35. The average molecular weight is 575 g/mol. The predicted molar refractivity (Wildman–Crippen MR) is 142 cm³/mol. The topological polar surface area (TPSA) is 83.4 Å². The van der Waals surface area contributed by atoms with Crippen molar-refractivity contribution in [3.63, 3.8) is 0 Å². The molecule has 0 radical (unpaired) electrons. The third-order valence-electron chi connectivity index (χ3n) is 7.21. The first kappa shape index (κ1) is 27.3. The second-order valence-corrected chi connectivity index (χ2v) is 9.96. The number of nitrogens with one attached hydrogen (secondary N) is 2. The fraction of sp³-hybridized carbons (Fsp3) is 0.370. The molecule has 216 valence electrons. The molecule has 0 aliphatic carbocycles. The van der Waals surface area contributed by atoms with Crippen LogP contribution in [-0.4, -0.2) is 82.6 Å². The van der Waals surface area contributed by atoms with E-state index < -0.39 is 23.9 Å². The van der Waals surface area contributed by atoms with E-state index in [0.29, 0.717) is 55.4 Å². The van der Waals surface area contributed by atoms with E-state index in [1.807, 2.05) is 4.90 Å². The first-order valence-electron chi connectivity index (χ1n) is 13.2. The Hall–Kier alpha value is -3.88. The molecule has 1 atom stereocenters. The molecule has 0 amide bonds. The van der Waals surface area contributed by atoms with Gasteiger partial charge in [-0.1, -0.05) is 0 Å². The normalized spacial score (nSPS) is 18.7. The molecule has 4 aromatic rings. The third kappa shape index (κ3) is 5.94. The lowest BCUT2D eigenvalue weighted by Crippen LogP contribution is -2.57. The summed E-state index contributed by atoms with van der Waals surface area (Å²) < 4.78 is 76.7. The number of rotatable bonds is 6. The Morgan fingerprint density at radius 2 is 1.80 bits per heavy atom. The van der Waals surface area contributed by atoms with Crippen LogP contribution >= 0.6 is 0 Å². The molecule has 0 bridgehead atoms. The highest BCUT2D eigenvalue weighted by Gasteiger charge is 2.42. The van der Waals surface area contributed by atoms with E-state index in [1.54, 1.807) is 40.1 Å². The van der Waals surface area contributed by atoms with Crippen molar-refractivity contribution in [3.8, 4) is 5.69 Å². The maximum absolute atomic E-state index is 15.1. The molecule has 9 nitrogen and oxygen atoms in total. The first-order chi connectivity index (χ1) is 19.7. The summed E-state index contributed by atoms with van der Waals surface area (Å²) in [7, 11) is 0. The number of halogens is 5. The SMILES string of the molecule is Fc1cc(-n2ccc3cnc(Nc4ccnc(N5CCNC(C(F)(F)F)C5)c4)nc32)cc(F)c1CN1CCOCC1. The highest BCUT2D eigenvalue weighted by atomic mass is 19.4. The van der Waals surface area contributed by atoms with Crippen LogP contribution in [0.2, 0.25) is 0 Å². The number of morpholine rings is 1. The number of nitrogens with zero attached hydrogens (tertiary/aromatic N) is 6. The molecule has 6 rings (SSSR count). The van der Waals surface area contributed by atoms with Crippen LogP contribution in [0.3, 0.4) is 0 Å². The molecule has 2 saturated heterocycles. The van der Waals surface area contributed by atoms with E-state index in [1.165, 1.54) is 18.3 Å². The standard InChI is InChI=1S/C27H27F5N8O/c28-21-12-19(13-22(29)20(21)15-38-7-9-41-10-8-38)40-5-2-17-14-35-26(37-25(17)40)36-18-1-3-34-24(11-18)39-6-4-33-23(16-39)27(30,31)32/h1-3,5,11-14,23,33H,4,6-10,15-16H2,(H,34,35,36,37).